The van der Waals surface area contributed by atoms with Crippen molar-refractivity contribution in [2.24, 2.45) is 0 Å². The number of hydrogen-bond donors (Lipinski definition) is 1. The third-order valence-corrected chi connectivity index (χ3v) is 62.2. The van der Waals surface area contributed by atoms with Crippen molar-refractivity contribution in [3.8, 4) is 0 Å². The van der Waals surface area contributed by atoms with Crippen molar-refractivity contribution >= 4 is 81.2 Å². The van der Waals surface area contributed by atoms with Gasteiger partial charge in [0.2, 0.25) is 0 Å². The molecule has 2 unspecified atom stereocenters. The van der Waals surface area contributed by atoms with E-state index >= 15 is 0 Å². The Morgan fingerprint density at radius 2 is 1.70 bits per heavy atom. The van der Waals surface area contributed by atoms with E-state index in [0.717, 1.165) is 14.1 Å². The van der Waals surface area contributed by atoms with Gasteiger partial charge in [0.1, 0.15) is 0 Å². The average Bonchev–Trinajstić information content (AvgIpc) is 1.61. The van der Waals surface area contributed by atoms with Gasteiger partial charge in [0.25, 0.3) is 0 Å². The number of hydrogen-bond acceptors (Lipinski definition) is 0. The number of quaternary nitrogens is 1. The fourth-order valence-electron chi connectivity index (χ4n) is 0.435. The SMILES string of the molecule is CC1([NH3+])P(=[Se])([Se-])[Se]P1(=[Se])[Se-]. The average molecular weight is 501 g/mol. The van der Waals surface area contributed by atoms with Gasteiger partial charge in [-0.3, -0.25) is 0 Å². The van der Waals surface area contributed by atoms with Crippen LogP contribution < -0.4 is 5.73 Å². The summed E-state index contributed by atoms with van der Waals surface area (Å²) in [7, 11) is 0. The van der Waals surface area contributed by atoms with Gasteiger partial charge in [-0.25, -0.2) is 0 Å². The first-order valence-corrected chi connectivity index (χ1v) is 19.3. The Kier molecular flexibility index (Phi) is 3.70. The van der Waals surface area contributed by atoms with E-state index in [9.17, 15) is 0 Å². The van der Waals surface area contributed by atoms with E-state index in [0.29, 0.717) is 5.02 Å². The zero-order valence-electron chi connectivity index (χ0n) is 5.14. The van der Waals surface area contributed by atoms with Crippen LogP contribution in [0.15, 0.2) is 0 Å². The second kappa shape index (κ2) is 3.22. The first kappa shape index (κ1) is 11.5. The Labute approximate surface area is 97.4 Å². The molecular formula is C2H6NP2Se5-. The van der Waals surface area contributed by atoms with E-state index in [1.165, 1.54) is 0 Å². The van der Waals surface area contributed by atoms with Crippen LogP contribution >= 0.6 is 5.78 Å². The van der Waals surface area contributed by atoms with Crippen LogP contribution in [0.5, 0.6) is 0 Å². The summed E-state index contributed by atoms with van der Waals surface area (Å²) in [4.78, 5) is 0. The van der Waals surface area contributed by atoms with Crippen LogP contribution in [-0.4, -0.2) is 80.4 Å². The van der Waals surface area contributed by atoms with Crippen molar-refractivity contribution in [3.63, 3.8) is 0 Å². The Morgan fingerprint density at radius 1 is 1.40 bits per heavy atom. The van der Waals surface area contributed by atoms with Crippen molar-refractivity contribution in [2.45, 2.75) is 11.9 Å². The maximum atomic E-state index is 4.27. The van der Waals surface area contributed by atoms with Gasteiger partial charge in [0.15, 0.2) is 0 Å². The fourth-order valence-corrected chi connectivity index (χ4v) is 126. The van der Waals surface area contributed by atoms with E-state index < -0.39 is 5.78 Å². The van der Waals surface area contributed by atoms with Crippen LogP contribution in [0.25, 0.3) is 0 Å². The first-order valence-electron chi connectivity index (χ1n) is 2.40. The van der Waals surface area contributed by atoms with E-state index in [1.54, 1.807) is 0 Å². The Morgan fingerprint density at radius 3 is 1.70 bits per heavy atom. The van der Waals surface area contributed by atoms with Gasteiger partial charge >= 0.3 is 98.9 Å². The standard InChI is InChI=1S/C2H7NP2Se5/c1-2(3)4(6,7)10-5(2,8)9/h3H2,1H3,(H,6,7)(H,8,9)/p-1. The molecule has 1 heterocycles. The van der Waals surface area contributed by atoms with Crippen LogP contribution in [0.4, 0.5) is 0 Å². The quantitative estimate of drug-likeness (QED) is 0.320. The van der Waals surface area contributed by atoms with Gasteiger partial charge in [0, 0.05) is 0 Å². The summed E-state index contributed by atoms with van der Waals surface area (Å²) in [6.07, 6.45) is 0. The third-order valence-electron chi connectivity index (χ3n) is 1.39. The summed E-state index contributed by atoms with van der Waals surface area (Å²) in [5.74, 6) is 0. The molecule has 1 rings (SSSR count). The molecule has 0 aliphatic carbocycles. The topological polar surface area (TPSA) is 27.6 Å². The molecular weight excluding hydrogens is 495 g/mol. The third kappa shape index (κ3) is 1.65. The molecule has 1 saturated heterocycles. The molecule has 0 aromatic rings. The van der Waals surface area contributed by atoms with E-state index in [2.05, 4.69) is 74.0 Å². The second-order valence-corrected chi connectivity index (χ2v) is 52.1. The molecule has 1 aliphatic heterocycles. The minimum atomic E-state index is -0.852. The zero-order valence-corrected chi connectivity index (χ0v) is 15.5. The van der Waals surface area contributed by atoms with E-state index in [-0.39, 0.29) is 0 Å². The summed E-state index contributed by atoms with van der Waals surface area (Å²) >= 11 is 14.0. The Balaban J connectivity index is 3.08. The van der Waals surface area contributed by atoms with Crippen molar-refractivity contribution in [3.05, 3.63) is 0 Å². The molecule has 2 atom stereocenters. The first-order chi connectivity index (χ1) is 4.21. The molecule has 0 radical (unpaired) electrons. The van der Waals surface area contributed by atoms with Crippen LogP contribution in [0.3, 0.4) is 0 Å². The molecule has 0 aromatic carbocycles. The molecule has 0 spiro atoms. The summed E-state index contributed by atoms with van der Waals surface area (Å²) in [5, 5.41) is 0.292. The van der Waals surface area contributed by atoms with Crippen molar-refractivity contribution < 1.29 is 5.73 Å². The maximum absolute atomic E-state index is 4.27. The molecule has 10 heavy (non-hydrogen) atoms. The summed E-state index contributed by atoms with van der Waals surface area (Å²) in [6, 6.07) is 0. The molecule has 3 N–H and O–H groups in total. The second-order valence-electron chi connectivity index (χ2n) is 2.29. The molecule has 1 aliphatic rings. The minimum absolute atomic E-state index is 0.292. The molecule has 0 bridgehead atoms. The predicted octanol–water partition coefficient (Wildman–Crippen LogP) is -1.18. The van der Waals surface area contributed by atoms with Crippen molar-refractivity contribution in [2.75, 3.05) is 0 Å². The van der Waals surface area contributed by atoms with Crippen LogP contribution in [-0.2, 0) is 0 Å². The molecule has 8 heteroatoms. The summed E-state index contributed by atoms with van der Waals surface area (Å²) in [5.41, 5.74) is 4.27. The molecule has 1 fully saturated rings. The van der Waals surface area contributed by atoms with Crippen LogP contribution in [0, 0.1) is 0 Å². The molecule has 0 amide bonds. The molecule has 60 valence electrons. The molecule has 0 saturated carbocycles. The van der Waals surface area contributed by atoms with Gasteiger partial charge in [0.05, 0.1) is 0 Å². The van der Waals surface area contributed by atoms with Crippen LogP contribution in [0.1, 0.15) is 6.92 Å². The normalized spacial score (nSPS) is 61.6. The van der Waals surface area contributed by atoms with Crippen LogP contribution in [0.2, 0.25) is 0 Å². The van der Waals surface area contributed by atoms with Gasteiger partial charge in [-0.05, 0) is 0 Å². The Hall–Kier alpha value is 3.42. The van der Waals surface area contributed by atoms with Gasteiger partial charge in [-0.15, -0.1) is 0 Å². The van der Waals surface area contributed by atoms with Gasteiger partial charge < -0.3 is 0 Å². The van der Waals surface area contributed by atoms with Gasteiger partial charge in [-0.1, -0.05) is 0 Å². The zero-order chi connectivity index (χ0) is 8.21. The monoisotopic (exact) mass is 506 g/mol. The fraction of sp³-hybridized carbons (Fsp3) is 1.00. The van der Waals surface area contributed by atoms with E-state index in [1.807, 2.05) is 0 Å². The van der Waals surface area contributed by atoms with Crippen molar-refractivity contribution in [1.82, 2.24) is 0 Å². The summed E-state index contributed by atoms with van der Waals surface area (Å²) in [6.45, 7) is 2.26. The van der Waals surface area contributed by atoms with Gasteiger partial charge in [-0.2, -0.15) is 0 Å². The van der Waals surface area contributed by atoms with Crippen molar-refractivity contribution in [1.29, 1.82) is 0 Å². The Bertz CT molecular complexity index is 234. The van der Waals surface area contributed by atoms with E-state index in [4.69, 9.17) is 0 Å². The number of rotatable bonds is 0. The molecule has 0 aromatic heterocycles. The predicted molar refractivity (Wildman–Crippen MR) is 53.9 cm³/mol. The molecule has 1 nitrogen and oxygen atoms in total. The summed E-state index contributed by atoms with van der Waals surface area (Å²) < 4.78 is -1.70.